The standard InChI is InChI=1S/C7H17NO5P/c1-7(2,5-8-3-4-9)6-13-14(10,11)12/h8H,3-6H2,1-2H3,(H2,10,11,12). The molecule has 0 saturated carbocycles. The van der Waals surface area contributed by atoms with Crippen LogP contribution in [0.5, 0.6) is 0 Å². The van der Waals surface area contributed by atoms with Crippen molar-refractivity contribution in [3.8, 4) is 0 Å². The quantitative estimate of drug-likeness (QED) is 0.423. The molecule has 0 spiro atoms. The molecule has 14 heavy (non-hydrogen) atoms. The number of nitrogens with one attached hydrogen (secondary N) is 1. The van der Waals surface area contributed by atoms with Gasteiger partial charge in [-0.3, -0.25) is 4.52 Å². The first-order valence-electron chi connectivity index (χ1n) is 4.26. The molecule has 0 aliphatic carbocycles. The van der Waals surface area contributed by atoms with Crippen molar-refractivity contribution in [3.05, 3.63) is 0 Å². The van der Waals surface area contributed by atoms with Gasteiger partial charge in [0.2, 0.25) is 0 Å². The van der Waals surface area contributed by atoms with E-state index in [0.717, 1.165) is 0 Å². The van der Waals surface area contributed by atoms with E-state index < -0.39 is 13.2 Å². The summed E-state index contributed by atoms with van der Waals surface area (Å²) < 4.78 is 14.8. The van der Waals surface area contributed by atoms with Crippen LogP contribution in [-0.2, 0) is 14.2 Å². The zero-order valence-corrected chi connectivity index (χ0v) is 9.29. The van der Waals surface area contributed by atoms with Crippen LogP contribution in [0.15, 0.2) is 0 Å². The van der Waals surface area contributed by atoms with E-state index in [-0.39, 0.29) is 13.2 Å². The molecule has 0 aliphatic heterocycles. The van der Waals surface area contributed by atoms with Gasteiger partial charge in [0.1, 0.15) is 0 Å². The Balaban J connectivity index is 3.77. The Morgan fingerprint density at radius 1 is 1.43 bits per heavy atom. The fourth-order valence-electron chi connectivity index (χ4n) is 0.809. The Morgan fingerprint density at radius 3 is 2.43 bits per heavy atom. The Bertz CT molecular complexity index is 202. The van der Waals surface area contributed by atoms with Gasteiger partial charge >= 0.3 is 7.82 Å². The molecule has 0 fully saturated rings. The highest BCUT2D eigenvalue weighted by atomic mass is 31.2. The molecular formula is C7H17NO5P. The van der Waals surface area contributed by atoms with Crippen LogP contribution in [0, 0.1) is 5.41 Å². The molecule has 0 aromatic rings. The minimum absolute atomic E-state index is 0.0524. The molecule has 85 valence electrons. The molecule has 0 aromatic heterocycles. The zero-order chi connectivity index (χ0) is 11.2. The highest BCUT2D eigenvalue weighted by Gasteiger charge is 2.23. The lowest BCUT2D eigenvalue weighted by molar-refractivity contribution is 0.123. The predicted octanol–water partition coefficient (Wildman–Crippen LogP) is 0.142. The van der Waals surface area contributed by atoms with E-state index in [1.807, 2.05) is 0 Å². The van der Waals surface area contributed by atoms with Crippen molar-refractivity contribution >= 4 is 7.82 Å². The van der Waals surface area contributed by atoms with Gasteiger partial charge in [0, 0.05) is 18.5 Å². The summed E-state index contributed by atoms with van der Waals surface area (Å²) in [6, 6.07) is 0. The lowest BCUT2D eigenvalue weighted by Gasteiger charge is -2.24. The maximum Gasteiger partial charge on any atom is 0.469 e. The summed E-state index contributed by atoms with van der Waals surface area (Å²) in [6.07, 6.45) is 0. The summed E-state index contributed by atoms with van der Waals surface area (Å²) in [4.78, 5) is 16.9. The normalized spacial score (nSPS) is 13.2. The van der Waals surface area contributed by atoms with Crippen molar-refractivity contribution < 1.29 is 24.0 Å². The summed E-state index contributed by atoms with van der Waals surface area (Å²) in [6.45, 7) is 4.15. The molecule has 0 unspecified atom stereocenters. The Kier molecular flexibility index (Phi) is 5.81. The minimum Gasteiger partial charge on any atom is -0.314 e. The molecule has 0 atom stereocenters. The molecular weight excluding hydrogens is 209 g/mol. The van der Waals surface area contributed by atoms with E-state index in [0.29, 0.717) is 13.1 Å². The second-order valence-corrected chi connectivity index (χ2v) is 5.05. The summed E-state index contributed by atoms with van der Waals surface area (Å²) in [7, 11) is -4.39. The van der Waals surface area contributed by atoms with Crippen LogP contribution in [0.1, 0.15) is 13.8 Å². The van der Waals surface area contributed by atoms with Crippen LogP contribution < -0.4 is 5.32 Å². The Hall–Kier alpha value is 0.0300. The number of phosphoric ester groups is 1. The highest BCUT2D eigenvalue weighted by molar-refractivity contribution is 7.46. The minimum atomic E-state index is -4.39. The first kappa shape index (κ1) is 14.0. The van der Waals surface area contributed by atoms with Crippen LogP contribution in [0.4, 0.5) is 0 Å². The monoisotopic (exact) mass is 226 g/mol. The van der Waals surface area contributed by atoms with Crippen molar-refractivity contribution in [1.82, 2.24) is 5.32 Å². The molecule has 0 amide bonds. The third kappa shape index (κ3) is 8.62. The first-order valence-corrected chi connectivity index (χ1v) is 5.79. The molecule has 0 aliphatic rings. The molecule has 0 heterocycles. The molecule has 3 N–H and O–H groups in total. The Morgan fingerprint density at radius 2 is 2.00 bits per heavy atom. The fraction of sp³-hybridized carbons (Fsp3) is 1.00. The average Bonchev–Trinajstić information content (AvgIpc) is 2.00. The first-order chi connectivity index (χ1) is 6.27. The maximum atomic E-state index is 10.4. The highest BCUT2D eigenvalue weighted by Crippen LogP contribution is 2.37. The Labute approximate surface area is 83.5 Å². The summed E-state index contributed by atoms with van der Waals surface area (Å²) in [5.74, 6) is 0. The van der Waals surface area contributed by atoms with Gasteiger partial charge in [0.15, 0.2) is 0 Å². The second-order valence-electron chi connectivity index (χ2n) is 3.81. The smallest absolute Gasteiger partial charge is 0.314 e. The second kappa shape index (κ2) is 5.80. The SMILES string of the molecule is CC(C)(CNCC[O])COP(=O)(O)O. The lowest BCUT2D eigenvalue weighted by Crippen LogP contribution is -2.34. The van der Waals surface area contributed by atoms with Gasteiger partial charge < -0.3 is 15.1 Å². The topological polar surface area (TPSA) is 98.7 Å². The molecule has 0 rings (SSSR count). The van der Waals surface area contributed by atoms with Crippen molar-refractivity contribution in [2.45, 2.75) is 13.8 Å². The van der Waals surface area contributed by atoms with Gasteiger partial charge in [-0.15, -0.1) is 0 Å². The van der Waals surface area contributed by atoms with E-state index in [2.05, 4.69) is 9.84 Å². The van der Waals surface area contributed by atoms with E-state index >= 15 is 0 Å². The third-order valence-electron chi connectivity index (χ3n) is 1.51. The maximum absolute atomic E-state index is 10.4. The molecule has 0 saturated heterocycles. The van der Waals surface area contributed by atoms with Gasteiger partial charge in [-0.1, -0.05) is 13.8 Å². The van der Waals surface area contributed by atoms with Crippen LogP contribution in [0.25, 0.3) is 0 Å². The van der Waals surface area contributed by atoms with Crippen LogP contribution >= 0.6 is 7.82 Å². The van der Waals surface area contributed by atoms with Crippen molar-refractivity contribution in [2.75, 3.05) is 26.3 Å². The summed E-state index contributed by atoms with van der Waals surface area (Å²) in [5, 5.41) is 13.0. The van der Waals surface area contributed by atoms with E-state index in [9.17, 15) is 9.67 Å². The predicted molar refractivity (Wildman–Crippen MR) is 50.2 cm³/mol. The molecule has 0 bridgehead atoms. The van der Waals surface area contributed by atoms with E-state index in [1.165, 1.54) is 0 Å². The summed E-state index contributed by atoms with van der Waals surface area (Å²) >= 11 is 0. The van der Waals surface area contributed by atoms with Gasteiger partial charge in [0.25, 0.3) is 0 Å². The van der Waals surface area contributed by atoms with Crippen molar-refractivity contribution in [2.24, 2.45) is 5.41 Å². The lowest BCUT2D eigenvalue weighted by atomic mass is 9.95. The van der Waals surface area contributed by atoms with Crippen molar-refractivity contribution in [3.63, 3.8) is 0 Å². The van der Waals surface area contributed by atoms with Crippen molar-refractivity contribution in [1.29, 1.82) is 0 Å². The molecule has 7 heteroatoms. The van der Waals surface area contributed by atoms with Gasteiger partial charge in [-0.05, 0) is 0 Å². The largest absolute Gasteiger partial charge is 0.469 e. The number of hydrogen-bond acceptors (Lipinski definition) is 3. The van der Waals surface area contributed by atoms with Crippen LogP contribution in [-0.4, -0.2) is 36.1 Å². The number of hydrogen-bond donors (Lipinski definition) is 3. The molecule has 6 nitrogen and oxygen atoms in total. The molecule has 1 radical (unpaired) electrons. The summed E-state index contributed by atoms with van der Waals surface area (Å²) in [5.41, 5.74) is -0.406. The molecule has 0 aromatic carbocycles. The fourth-order valence-corrected chi connectivity index (χ4v) is 1.33. The van der Waals surface area contributed by atoms with E-state index in [1.54, 1.807) is 13.8 Å². The van der Waals surface area contributed by atoms with Gasteiger partial charge in [-0.2, -0.15) is 0 Å². The average molecular weight is 226 g/mol. The van der Waals surface area contributed by atoms with E-state index in [4.69, 9.17) is 9.79 Å². The number of rotatable bonds is 7. The number of phosphoric acid groups is 1. The van der Waals surface area contributed by atoms with Gasteiger partial charge in [-0.25, -0.2) is 9.67 Å². The third-order valence-corrected chi connectivity index (χ3v) is 1.97. The zero-order valence-electron chi connectivity index (χ0n) is 8.39. The van der Waals surface area contributed by atoms with Gasteiger partial charge in [0.05, 0.1) is 13.2 Å². The van der Waals surface area contributed by atoms with Crippen LogP contribution in [0.3, 0.4) is 0 Å². The van der Waals surface area contributed by atoms with Crippen LogP contribution in [0.2, 0.25) is 0 Å².